The lowest BCUT2D eigenvalue weighted by Gasteiger charge is -2.33. The summed E-state index contributed by atoms with van der Waals surface area (Å²) in [6, 6.07) is 7.85. The van der Waals surface area contributed by atoms with Crippen LogP contribution >= 0.6 is 0 Å². The summed E-state index contributed by atoms with van der Waals surface area (Å²) in [6.45, 7) is 6.31. The first-order valence-electron chi connectivity index (χ1n) is 7.24. The summed E-state index contributed by atoms with van der Waals surface area (Å²) in [7, 11) is 1.65. The van der Waals surface area contributed by atoms with Crippen LogP contribution in [0.3, 0.4) is 0 Å². The van der Waals surface area contributed by atoms with Crippen molar-refractivity contribution in [2.45, 2.75) is 38.3 Å². The van der Waals surface area contributed by atoms with Gasteiger partial charge in [-0.25, -0.2) is 0 Å². The van der Waals surface area contributed by atoms with Crippen LogP contribution in [-0.4, -0.2) is 48.5 Å². The molecular formula is C16H25NO3. The quantitative estimate of drug-likeness (QED) is 0.867. The van der Waals surface area contributed by atoms with Crippen molar-refractivity contribution in [1.82, 2.24) is 4.90 Å². The van der Waals surface area contributed by atoms with Gasteiger partial charge in [-0.1, -0.05) is 0 Å². The maximum atomic E-state index is 10.2. The summed E-state index contributed by atoms with van der Waals surface area (Å²) >= 11 is 0. The van der Waals surface area contributed by atoms with E-state index in [1.54, 1.807) is 7.11 Å². The molecule has 1 aromatic rings. The summed E-state index contributed by atoms with van der Waals surface area (Å²) in [5.41, 5.74) is -0.642. The summed E-state index contributed by atoms with van der Waals surface area (Å²) in [6.07, 6.45) is 2.21. The molecule has 0 spiro atoms. The van der Waals surface area contributed by atoms with E-state index in [4.69, 9.17) is 9.47 Å². The van der Waals surface area contributed by atoms with Crippen LogP contribution < -0.4 is 9.47 Å². The van der Waals surface area contributed by atoms with E-state index in [0.29, 0.717) is 6.61 Å². The summed E-state index contributed by atoms with van der Waals surface area (Å²) in [5.74, 6) is 1.68. The highest BCUT2D eigenvalue weighted by atomic mass is 16.5. The van der Waals surface area contributed by atoms with Crippen LogP contribution in [0.15, 0.2) is 24.3 Å². The minimum Gasteiger partial charge on any atom is -0.497 e. The number of rotatable bonds is 6. The van der Waals surface area contributed by atoms with Gasteiger partial charge >= 0.3 is 0 Å². The fourth-order valence-corrected chi connectivity index (χ4v) is 2.85. The van der Waals surface area contributed by atoms with Gasteiger partial charge in [0, 0.05) is 12.6 Å². The molecule has 0 aromatic heterocycles. The van der Waals surface area contributed by atoms with Crippen molar-refractivity contribution < 1.29 is 14.6 Å². The first-order chi connectivity index (χ1) is 9.50. The molecular weight excluding hydrogens is 254 g/mol. The third-order valence-corrected chi connectivity index (χ3v) is 3.89. The Morgan fingerprint density at radius 3 is 2.50 bits per heavy atom. The molecule has 1 N–H and O–H groups in total. The van der Waals surface area contributed by atoms with Crippen molar-refractivity contribution in [3.05, 3.63) is 24.3 Å². The van der Waals surface area contributed by atoms with E-state index >= 15 is 0 Å². The maximum absolute atomic E-state index is 10.2. The lowest BCUT2D eigenvalue weighted by molar-refractivity contribution is -0.00549. The van der Waals surface area contributed by atoms with Crippen LogP contribution in [-0.2, 0) is 0 Å². The van der Waals surface area contributed by atoms with Crippen molar-refractivity contribution in [2.75, 3.05) is 26.8 Å². The second-order valence-electron chi connectivity index (χ2n) is 5.87. The normalized spacial score (nSPS) is 20.1. The minimum absolute atomic E-state index is 0.238. The Balaban J connectivity index is 1.80. The molecule has 112 valence electrons. The van der Waals surface area contributed by atoms with Gasteiger partial charge in [0.1, 0.15) is 18.1 Å². The lowest BCUT2D eigenvalue weighted by atomic mass is 9.97. The third-order valence-electron chi connectivity index (χ3n) is 3.89. The molecule has 0 amide bonds. The zero-order chi connectivity index (χ0) is 14.6. The molecule has 1 unspecified atom stereocenters. The first-order valence-corrected chi connectivity index (χ1v) is 7.24. The van der Waals surface area contributed by atoms with Gasteiger partial charge in [0.05, 0.1) is 12.7 Å². The van der Waals surface area contributed by atoms with Gasteiger partial charge in [-0.15, -0.1) is 0 Å². The van der Waals surface area contributed by atoms with Crippen molar-refractivity contribution in [3.63, 3.8) is 0 Å². The SMILES string of the molecule is COc1ccc(OCCN2CCCC2C(C)(C)O)cc1. The Morgan fingerprint density at radius 1 is 1.25 bits per heavy atom. The molecule has 20 heavy (non-hydrogen) atoms. The average Bonchev–Trinajstić information content (AvgIpc) is 2.88. The van der Waals surface area contributed by atoms with E-state index in [0.717, 1.165) is 37.4 Å². The Hall–Kier alpha value is -1.26. The molecule has 0 aliphatic carbocycles. The van der Waals surface area contributed by atoms with Crippen molar-refractivity contribution in [3.8, 4) is 11.5 Å². The standard InChI is InChI=1S/C16H25NO3/c1-16(2,18)15-5-4-10-17(15)11-12-20-14-8-6-13(19-3)7-9-14/h6-9,15,18H,4-5,10-12H2,1-3H3. The largest absolute Gasteiger partial charge is 0.497 e. The van der Waals surface area contributed by atoms with Crippen molar-refractivity contribution in [2.24, 2.45) is 0 Å². The maximum Gasteiger partial charge on any atom is 0.119 e. The number of methoxy groups -OCH3 is 1. The van der Waals surface area contributed by atoms with E-state index in [1.165, 1.54) is 0 Å². The molecule has 1 aliphatic heterocycles. The molecule has 1 atom stereocenters. The van der Waals surface area contributed by atoms with Crippen molar-refractivity contribution in [1.29, 1.82) is 0 Å². The third kappa shape index (κ3) is 3.87. The minimum atomic E-state index is -0.642. The fraction of sp³-hybridized carbons (Fsp3) is 0.625. The van der Waals surface area contributed by atoms with Crippen molar-refractivity contribution >= 4 is 0 Å². The molecule has 1 fully saturated rings. The van der Waals surface area contributed by atoms with Gasteiger partial charge in [-0.3, -0.25) is 4.90 Å². The predicted octanol–water partition coefficient (Wildman–Crippen LogP) is 2.31. The van der Waals surface area contributed by atoms with E-state index in [-0.39, 0.29) is 6.04 Å². The number of hydrogen-bond donors (Lipinski definition) is 1. The van der Waals surface area contributed by atoms with Gasteiger partial charge in [-0.05, 0) is 57.5 Å². The zero-order valence-corrected chi connectivity index (χ0v) is 12.6. The average molecular weight is 279 g/mol. The highest BCUT2D eigenvalue weighted by Crippen LogP contribution is 2.26. The van der Waals surface area contributed by atoms with Crippen LogP contribution in [0.25, 0.3) is 0 Å². The van der Waals surface area contributed by atoms with Gasteiger partial charge < -0.3 is 14.6 Å². The molecule has 0 bridgehead atoms. The number of benzene rings is 1. The molecule has 1 aromatic carbocycles. The van der Waals surface area contributed by atoms with E-state index in [1.807, 2.05) is 38.1 Å². The summed E-state index contributed by atoms with van der Waals surface area (Å²) < 4.78 is 10.9. The number of nitrogens with zero attached hydrogens (tertiary/aromatic N) is 1. The van der Waals surface area contributed by atoms with Crippen LogP contribution in [0.4, 0.5) is 0 Å². The summed E-state index contributed by atoms with van der Waals surface area (Å²) in [4.78, 5) is 2.32. The first kappa shape index (κ1) is 15.1. The number of hydrogen-bond acceptors (Lipinski definition) is 4. The Kier molecular flexibility index (Phi) is 4.89. The van der Waals surface area contributed by atoms with Gasteiger partial charge in [0.2, 0.25) is 0 Å². The van der Waals surface area contributed by atoms with Gasteiger partial charge in [-0.2, -0.15) is 0 Å². The Labute approximate surface area is 121 Å². The second-order valence-corrected chi connectivity index (χ2v) is 5.87. The van der Waals surface area contributed by atoms with Gasteiger partial charge in [0.15, 0.2) is 0 Å². The Bertz CT molecular complexity index is 411. The van der Waals surface area contributed by atoms with E-state index < -0.39 is 5.60 Å². The monoisotopic (exact) mass is 279 g/mol. The Morgan fingerprint density at radius 2 is 1.90 bits per heavy atom. The molecule has 1 saturated heterocycles. The molecule has 0 radical (unpaired) electrons. The topological polar surface area (TPSA) is 41.9 Å². The van der Waals surface area contributed by atoms with E-state index in [2.05, 4.69) is 4.90 Å². The van der Waals surface area contributed by atoms with Gasteiger partial charge in [0.25, 0.3) is 0 Å². The highest BCUT2D eigenvalue weighted by molar-refractivity contribution is 5.31. The molecule has 2 rings (SSSR count). The molecule has 1 heterocycles. The van der Waals surface area contributed by atoms with Crippen LogP contribution in [0.1, 0.15) is 26.7 Å². The molecule has 4 heteroatoms. The van der Waals surface area contributed by atoms with Crippen LogP contribution in [0.5, 0.6) is 11.5 Å². The summed E-state index contributed by atoms with van der Waals surface area (Å²) in [5, 5.41) is 10.2. The number of aliphatic hydroxyl groups is 1. The van der Waals surface area contributed by atoms with Crippen LogP contribution in [0, 0.1) is 0 Å². The zero-order valence-electron chi connectivity index (χ0n) is 12.6. The molecule has 0 saturated carbocycles. The number of ether oxygens (including phenoxy) is 2. The molecule has 1 aliphatic rings. The van der Waals surface area contributed by atoms with E-state index in [9.17, 15) is 5.11 Å². The predicted molar refractivity (Wildman–Crippen MR) is 79.4 cm³/mol. The number of likely N-dealkylation sites (tertiary alicyclic amines) is 1. The lowest BCUT2D eigenvalue weighted by Crippen LogP contribution is -2.46. The second kappa shape index (κ2) is 6.46. The molecule has 4 nitrogen and oxygen atoms in total. The highest BCUT2D eigenvalue weighted by Gasteiger charge is 2.35. The smallest absolute Gasteiger partial charge is 0.119 e. The van der Waals surface area contributed by atoms with Crippen LogP contribution in [0.2, 0.25) is 0 Å². The fourth-order valence-electron chi connectivity index (χ4n) is 2.85.